The average molecular weight is 243 g/mol. The van der Waals surface area contributed by atoms with Crippen molar-refractivity contribution in [2.24, 2.45) is 0 Å². The van der Waals surface area contributed by atoms with Gasteiger partial charge in [-0.2, -0.15) is 0 Å². The lowest BCUT2D eigenvalue weighted by Gasteiger charge is -2.29. The molecule has 1 aliphatic rings. The van der Waals surface area contributed by atoms with Gasteiger partial charge < -0.3 is 9.47 Å². The summed E-state index contributed by atoms with van der Waals surface area (Å²) in [5, 5.41) is 0. The maximum absolute atomic E-state index is 11.4. The molecule has 0 saturated carbocycles. The first-order valence-electron chi connectivity index (χ1n) is 6.68. The smallest absolute Gasteiger partial charge is 0.307 e. The van der Waals surface area contributed by atoms with Gasteiger partial charge in [-0.3, -0.25) is 9.69 Å². The van der Waals surface area contributed by atoms with Gasteiger partial charge >= 0.3 is 5.97 Å². The summed E-state index contributed by atoms with van der Waals surface area (Å²) in [7, 11) is 0. The number of esters is 1. The van der Waals surface area contributed by atoms with Crippen LogP contribution in [-0.4, -0.2) is 49.3 Å². The molecule has 1 heterocycles. The molecule has 1 aliphatic heterocycles. The van der Waals surface area contributed by atoms with Crippen LogP contribution >= 0.6 is 0 Å². The van der Waals surface area contributed by atoms with E-state index in [0.717, 1.165) is 32.5 Å². The lowest BCUT2D eigenvalue weighted by molar-refractivity contribution is -0.144. The van der Waals surface area contributed by atoms with E-state index in [2.05, 4.69) is 18.7 Å². The molecule has 100 valence electrons. The van der Waals surface area contributed by atoms with E-state index in [1.165, 1.54) is 0 Å². The van der Waals surface area contributed by atoms with Crippen LogP contribution in [0.4, 0.5) is 0 Å². The fourth-order valence-electron chi connectivity index (χ4n) is 2.26. The van der Waals surface area contributed by atoms with E-state index < -0.39 is 0 Å². The van der Waals surface area contributed by atoms with Crippen LogP contribution in [0, 0.1) is 0 Å². The number of hydrogen-bond donors (Lipinski definition) is 0. The van der Waals surface area contributed by atoms with Crippen molar-refractivity contribution in [1.29, 1.82) is 0 Å². The van der Waals surface area contributed by atoms with Crippen molar-refractivity contribution in [3.05, 3.63) is 0 Å². The predicted octanol–water partition coefficient (Wildman–Crippen LogP) is 1.83. The van der Waals surface area contributed by atoms with E-state index in [1.807, 2.05) is 6.92 Å². The molecule has 0 aliphatic carbocycles. The Morgan fingerprint density at radius 3 is 2.82 bits per heavy atom. The Labute approximate surface area is 104 Å². The number of likely N-dealkylation sites (N-methyl/N-ethyl adjacent to an activating group) is 1. The third-order valence-corrected chi connectivity index (χ3v) is 3.26. The van der Waals surface area contributed by atoms with Crippen molar-refractivity contribution in [3.63, 3.8) is 0 Å². The second-order valence-corrected chi connectivity index (χ2v) is 4.58. The molecule has 0 aromatic carbocycles. The maximum Gasteiger partial charge on any atom is 0.307 e. The van der Waals surface area contributed by atoms with Gasteiger partial charge in [0.05, 0.1) is 19.1 Å². The van der Waals surface area contributed by atoms with Gasteiger partial charge in [0.1, 0.15) is 0 Å². The first-order chi connectivity index (χ1) is 8.17. The summed E-state index contributed by atoms with van der Waals surface area (Å²) in [6.07, 6.45) is 3.12. The predicted molar refractivity (Wildman–Crippen MR) is 66.9 cm³/mol. The molecule has 2 unspecified atom stereocenters. The highest BCUT2D eigenvalue weighted by molar-refractivity contribution is 5.70. The van der Waals surface area contributed by atoms with Crippen LogP contribution in [0.15, 0.2) is 0 Å². The molecule has 4 nitrogen and oxygen atoms in total. The van der Waals surface area contributed by atoms with Crippen LogP contribution in [0.3, 0.4) is 0 Å². The zero-order chi connectivity index (χ0) is 12.7. The molecule has 0 amide bonds. The lowest BCUT2D eigenvalue weighted by Crippen LogP contribution is -2.40. The topological polar surface area (TPSA) is 38.8 Å². The number of carbonyl (C=O) groups excluding carboxylic acids is 1. The van der Waals surface area contributed by atoms with Gasteiger partial charge in [-0.25, -0.2) is 0 Å². The van der Waals surface area contributed by atoms with E-state index in [1.54, 1.807) is 0 Å². The van der Waals surface area contributed by atoms with E-state index in [-0.39, 0.29) is 12.0 Å². The van der Waals surface area contributed by atoms with Crippen LogP contribution < -0.4 is 0 Å². The van der Waals surface area contributed by atoms with E-state index in [4.69, 9.17) is 9.47 Å². The summed E-state index contributed by atoms with van der Waals surface area (Å²) >= 11 is 0. The molecule has 2 atom stereocenters. The first-order valence-corrected chi connectivity index (χ1v) is 6.68. The van der Waals surface area contributed by atoms with Crippen LogP contribution in [0.25, 0.3) is 0 Å². The quantitative estimate of drug-likeness (QED) is 0.639. The minimum Gasteiger partial charge on any atom is -0.466 e. The van der Waals surface area contributed by atoms with Gasteiger partial charge in [0, 0.05) is 19.2 Å². The maximum atomic E-state index is 11.4. The molecular weight excluding hydrogens is 218 g/mol. The normalized spacial score (nSPS) is 21.8. The van der Waals surface area contributed by atoms with Gasteiger partial charge in [-0.15, -0.1) is 0 Å². The Kier molecular flexibility index (Phi) is 6.52. The Morgan fingerprint density at radius 1 is 1.53 bits per heavy atom. The summed E-state index contributed by atoms with van der Waals surface area (Å²) in [6.45, 7) is 9.26. The molecule has 4 heteroatoms. The first kappa shape index (κ1) is 14.5. The molecular formula is C13H25NO3. The standard InChI is InChI=1S/C13H25NO3/c1-4-14(10-12-7-6-8-17-12)11(3)9-13(15)16-5-2/h11-12H,4-10H2,1-3H3. The SMILES string of the molecule is CCOC(=O)CC(C)N(CC)CC1CCCO1. The van der Waals surface area contributed by atoms with Crippen LogP contribution in [0.1, 0.15) is 40.0 Å². The van der Waals surface area contributed by atoms with Crippen molar-refractivity contribution >= 4 is 5.97 Å². The molecule has 0 spiro atoms. The molecule has 0 aromatic heterocycles. The van der Waals surface area contributed by atoms with E-state index in [9.17, 15) is 4.79 Å². The number of nitrogens with zero attached hydrogens (tertiary/aromatic N) is 1. The number of hydrogen-bond acceptors (Lipinski definition) is 4. The van der Waals surface area contributed by atoms with E-state index in [0.29, 0.717) is 19.1 Å². The Morgan fingerprint density at radius 2 is 2.29 bits per heavy atom. The lowest BCUT2D eigenvalue weighted by atomic mass is 10.1. The average Bonchev–Trinajstić information content (AvgIpc) is 2.78. The Hall–Kier alpha value is -0.610. The highest BCUT2D eigenvalue weighted by Crippen LogP contribution is 2.15. The van der Waals surface area contributed by atoms with Crippen molar-refractivity contribution < 1.29 is 14.3 Å². The van der Waals surface area contributed by atoms with Crippen LogP contribution in [0.2, 0.25) is 0 Å². The van der Waals surface area contributed by atoms with Crippen LogP contribution in [-0.2, 0) is 14.3 Å². The number of rotatable bonds is 7. The highest BCUT2D eigenvalue weighted by atomic mass is 16.5. The van der Waals surface area contributed by atoms with Crippen molar-refractivity contribution in [2.75, 3.05) is 26.3 Å². The number of ether oxygens (including phenoxy) is 2. The summed E-state index contributed by atoms with van der Waals surface area (Å²) in [6, 6.07) is 0.225. The second kappa shape index (κ2) is 7.67. The van der Waals surface area contributed by atoms with Gasteiger partial charge in [0.25, 0.3) is 0 Å². The summed E-state index contributed by atoms with van der Waals surface area (Å²) in [5.41, 5.74) is 0. The van der Waals surface area contributed by atoms with Gasteiger partial charge in [-0.1, -0.05) is 6.92 Å². The minimum absolute atomic E-state index is 0.106. The summed E-state index contributed by atoms with van der Waals surface area (Å²) in [5.74, 6) is -0.106. The second-order valence-electron chi connectivity index (χ2n) is 4.58. The Balaban J connectivity index is 2.34. The molecule has 1 fully saturated rings. The fourth-order valence-corrected chi connectivity index (χ4v) is 2.26. The van der Waals surface area contributed by atoms with Crippen LogP contribution in [0.5, 0.6) is 0 Å². The third-order valence-electron chi connectivity index (χ3n) is 3.26. The minimum atomic E-state index is -0.106. The monoisotopic (exact) mass is 243 g/mol. The van der Waals surface area contributed by atoms with Crippen molar-refractivity contribution in [2.45, 2.75) is 52.2 Å². The summed E-state index contributed by atoms with van der Waals surface area (Å²) < 4.78 is 10.6. The van der Waals surface area contributed by atoms with Crippen molar-refractivity contribution in [3.8, 4) is 0 Å². The molecule has 0 radical (unpaired) electrons. The van der Waals surface area contributed by atoms with Crippen molar-refractivity contribution in [1.82, 2.24) is 4.90 Å². The molecule has 0 N–H and O–H groups in total. The zero-order valence-electron chi connectivity index (χ0n) is 11.3. The molecule has 1 saturated heterocycles. The van der Waals surface area contributed by atoms with Gasteiger partial charge in [0.2, 0.25) is 0 Å². The van der Waals surface area contributed by atoms with Gasteiger partial charge in [-0.05, 0) is 33.2 Å². The molecule has 1 rings (SSSR count). The molecule has 17 heavy (non-hydrogen) atoms. The largest absolute Gasteiger partial charge is 0.466 e. The van der Waals surface area contributed by atoms with E-state index >= 15 is 0 Å². The zero-order valence-corrected chi connectivity index (χ0v) is 11.3. The number of carbonyl (C=O) groups is 1. The third kappa shape index (κ3) is 5.04. The van der Waals surface area contributed by atoms with Gasteiger partial charge in [0.15, 0.2) is 0 Å². The molecule has 0 aromatic rings. The highest BCUT2D eigenvalue weighted by Gasteiger charge is 2.22. The Bertz CT molecular complexity index is 227. The summed E-state index contributed by atoms with van der Waals surface area (Å²) in [4.78, 5) is 13.7. The molecule has 0 bridgehead atoms. The fraction of sp³-hybridized carbons (Fsp3) is 0.923.